The zero-order chi connectivity index (χ0) is 12.1. The van der Waals surface area contributed by atoms with E-state index >= 15 is 0 Å². The molecule has 1 aliphatic heterocycles. The van der Waals surface area contributed by atoms with Gasteiger partial charge in [-0.3, -0.25) is 0 Å². The maximum atomic E-state index is 10.2. The molecule has 1 aromatic carbocycles. The zero-order valence-electron chi connectivity index (χ0n) is 9.85. The Labute approximate surface area is 101 Å². The molecule has 17 heavy (non-hydrogen) atoms. The van der Waals surface area contributed by atoms with Gasteiger partial charge in [-0.05, 0) is 17.7 Å². The number of aromatic hydroxyl groups is 1. The fraction of sp³-hybridized carbons (Fsp3) is 0.538. The molecule has 0 spiro atoms. The Hall–Kier alpha value is -1.10. The highest BCUT2D eigenvalue weighted by Crippen LogP contribution is 2.19. The highest BCUT2D eigenvalue weighted by molar-refractivity contribution is 5.25. The van der Waals surface area contributed by atoms with Crippen molar-refractivity contribution < 1.29 is 14.9 Å². The maximum Gasteiger partial charge on any atom is 0.115 e. The lowest BCUT2D eigenvalue weighted by atomic mass is 9.94. The lowest BCUT2D eigenvalue weighted by Gasteiger charge is -2.32. The van der Waals surface area contributed by atoms with E-state index in [4.69, 9.17) is 9.84 Å². The summed E-state index contributed by atoms with van der Waals surface area (Å²) >= 11 is 0. The van der Waals surface area contributed by atoms with Crippen LogP contribution < -0.4 is 5.32 Å². The summed E-state index contributed by atoms with van der Waals surface area (Å²) in [6.45, 7) is 2.55. The number of benzene rings is 1. The molecule has 4 nitrogen and oxygen atoms in total. The normalized spacial score (nSPS) is 19.1. The predicted octanol–water partition coefficient (Wildman–Crippen LogP) is 1.02. The van der Waals surface area contributed by atoms with Gasteiger partial charge in [0.05, 0.1) is 5.60 Å². The monoisotopic (exact) mass is 237 g/mol. The van der Waals surface area contributed by atoms with Crippen molar-refractivity contribution >= 4 is 0 Å². The molecule has 1 heterocycles. The molecule has 0 atom stereocenters. The molecule has 0 amide bonds. The van der Waals surface area contributed by atoms with Crippen LogP contribution in [0.25, 0.3) is 0 Å². The van der Waals surface area contributed by atoms with Gasteiger partial charge in [-0.2, -0.15) is 0 Å². The minimum atomic E-state index is -0.630. The van der Waals surface area contributed by atoms with Gasteiger partial charge in [0.15, 0.2) is 0 Å². The van der Waals surface area contributed by atoms with Crippen LogP contribution in [0, 0.1) is 0 Å². The summed E-state index contributed by atoms with van der Waals surface area (Å²) in [5.41, 5.74) is 0.466. The number of hydrogen-bond acceptors (Lipinski definition) is 4. The molecule has 0 aliphatic carbocycles. The van der Waals surface area contributed by atoms with Gasteiger partial charge in [-0.25, -0.2) is 0 Å². The lowest BCUT2D eigenvalue weighted by molar-refractivity contribution is -0.0617. The van der Waals surface area contributed by atoms with Crippen LogP contribution in [-0.4, -0.2) is 35.6 Å². The first kappa shape index (κ1) is 12.4. The molecule has 1 fully saturated rings. The third-order valence-electron chi connectivity index (χ3n) is 3.14. The number of rotatable bonds is 4. The smallest absolute Gasteiger partial charge is 0.115 e. The molecule has 1 saturated heterocycles. The number of hydrogen-bond donors (Lipinski definition) is 3. The summed E-state index contributed by atoms with van der Waals surface area (Å²) in [5, 5.41) is 22.6. The largest absolute Gasteiger partial charge is 0.508 e. The van der Waals surface area contributed by atoms with Crippen molar-refractivity contribution in [3.05, 3.63) is 29.8 Å². The van der Waals surface area contributed by atoms with Crippen molar-refractivity contribution in [1.29, 1.82) is 0 Å². The van der Waals surface area contributed by atoms with Gasteiger partial charge >= 0.3 is 0 Å². The van der Waals surface area contributed by atoms with Crippen molar-refractivity contribution in [2.75, 3.05) is 19.8 Å². The average Bonchev–Trinajstić information content (AvgIpc) is 2.32. The molecule has 4 heteroatoms. The standard InChI is InChI=1S/C13H19NO3/c15-12-3-1-11(2-4-12)9-14-10-13(16)5-7-17-8-6-13/h1-4,14-16H,5-10H2. The summed E-state index contributed by atoms with van der Waals surface area (Å²) in [6, 6.07) is 7.08. The van der Waals surface area contributed by atoms with Crippen LogP contribution in [0.3, 0.4) is 0 Å². The fourth-order valence-corrected chi connectivity index (χ4v) is 1.98. The quantitative estimate of drug-likeness (QED) is 0.732. The summed E-state index contributed by atoms with van der Waals surface area (Å²) in [7, 11) is 0. The van der Waals surface area contributed by atoms with Gasteiger partial charge in [-0.15, -0.1) is 0 Å². The topological polar surface area (TPSA) is 61.7 Å². The summed E-state index contributed by atoms with van der Waals surface area (Å²) < 4.78 is 5.23. The van der Waals surface area contributed by atoms with Crippen LogP contribution in [0.5, 0.6) is 5.75 Å². The van der Waals surface area contributed by atoms with Crippen LogP contribution in [0.4, 0.5) is 0 Å². The van der Waals surface area contributed by atoms with Crippen LogP contribution in [0.2, 0.25) is 0 Å². The minimum absolute atomic E-state index is 0.275. The van der Waals surface area contributed by atoms with E-state index in [1.165, 1.54) is 0 Å². The van der Waals surface area contributed by atoms with E-state index in [1.54, 1.807) is 12.1 Å². The Morgan fingerprint density at radius 1 is 1.18 bits per heavy atom. The first-order valence-corrected chi connectivity index (χ1v) is 5.97. The van der Waals surface area contributed by atoms with E-state index in [1.807, 2.05) is 12.1 Å². The highest BCUT2D eigenvalue weighted by atomic mass is 16.5. The first-order valence-electron chi connectivity index (χ1n) is 5.97. The average molecular weight is 237 g/mol. The third-order valence-corrected chi connectivity index (χ3v) is 3.14. The van der Waals surface area contributed by atoms with Gasteiger partial charge in [0.1, 0.15) is 5.75 Å². The number of aliphatic hydroxyl groups is 1. The molecule has 0 bridgehead atoms. The molecule has 3 N–H and O–H groups in total. The Morgan fingerprint density at radius 2 is 1.82 bits per heavy atom. The summed E-state index contributed by atoms with van der Waals surface area (Å²) in [5.74, 6) is 0.275. The number of phenols is 1. The van der Waals surface area contributed by atoms with Gasteiger partial charge in [0.2, 0.25) is 0 Å². The second-order valence-corrected chi connectivity index (χ2v) is 4.61. The van der Waals surface area contributed by atoms with Crippen molar-refractivity contribution in [1.82, 2.24) is 5.32 Å². The van der Waals surface area contributed by atoms with Gasteiger partial charge < -0.3 is 20.3 Å². The lowest BCUT2D eigenvalue weighted by Crippen LogP contribution is -2.44. The van der Waals surface area contributed by atoms with Crippen molar-refractivity contribution in [3.63, 3.8) is 0 Å². The van der Waals surface area contributed by atoms with Crippen LogP contribution in [-0.2, 0) is 11.3 Å². The Balaban J connectivity index is 1.77. The molecule has 0 aromatic heterocycles. The van der Waals surface area contributed by atoms with E-state index in [2.05, 4.69) is 5.32 Å². The maximum absolute atomic E-state index is 10.2. The number of phenolic OH excluding ortho intramolecular Hbond substituents is 1. The second kappa shape index (κ2) is 5.49. The number of nitrogens with one attached hydrogen (secondary N) is 1. The van der Waals surface area contributed by atoms with Crippen LogP contribution >= 0.6 is 0 Å². The van der Waals surface area contributed by atoms with Crippen LogP contribution in [0.15, 0.2) is 24.3 Å². The minimum Gasteiger partial charge on any atom is -0.508 e. The Bertz CT molecular complexity index is 344. The fourth-order valence-electron chi connectivity index (χ4n) is 1.98. The summed E-state index contributed by atoms with van der Waals surface area (Å²) in [4.78, 5) is 0. The summed E-state index contributed by atoms with van der Waals surface area (Å²) in [6.07, 6.45) is 1.38. The molecule has 0 unspecified atom stereocenters. The van der Waals surface area contributed by atoms with Gasteiger partial charge in [-0.1, -0.05) is 12.1 Å². The van der Waals surface area contributed by atoms with Crippen molar-refractivity contribution in [3.8, 4) is 5.75 Å². The van der Waals surface area contributed by atoms with E-state index in [0.717, 1.165) is 5.56 Å². The molecule has 94 valence electrons. The Morgan fingerprint density at radius 3 is 2.47 bits per heavy atom. The molecular weight excluding hydrogens is 218 g/mol. The number of ether oxygens (including phenoxy) is 1. The van der Waals surface area contributed by atoms with E-state index in [9.17, 15) is 5.11 Å². The third kappa shape index (κ3) is 3.70. The molecule has 0 saturated carbocycles. The van der Waals surface area contributed by atoms with Crippen molar-refractivity contribution in [2.45, 2.75) is 25.0 Å². The van der Waals surface area contributed by atoms with Crippen molar-refractivity contribution in [2.24, 2.45) is 0 Å². The van der Waals surface area contributed by atoms with E-state index < -0.39 is 5.60 Å². The first-order chi connectivity index (χ1) is 8.18. The van der Waals surface area contributed by atoms with E-state index in [0.29, 0.717) is 39.1 Å². The van der Waals surface area contributed by atoms with Gasteiger partial charge in [0, 0.05) is 39.1 Å². The molecule has 0 radical (unpaired) electrons. The SMILES string of the molecule is Oc1ccc(CNCC2(O)CCOCC2)cc1. The zero-order valence-corrected chi connectivity index (χ0v) is 9.85. The molecule has 1 aliphatic rings. The predicted molar refractivity (Wildman–Crippen MR) is 64.8 cm³/mol. The van der Waals surface area contributed by atoms with E-state index in [-0.39, 0.29) is 5.75 Å². The second-order valence-electron chi connectivity index (χ2n) is 4.61. The van der Waals surface area contributed by atoms with Gasteiger partial charge in [0.25, 0.3) is 0 Å². The molecule has 2 rings (SSSR count). The van der Waals surface area contributed by atoms with Crippen LogP contribution in [0.1, 0.15) is 18.4 Å². The highest BCUT2D eigenvalue weighted by Gasteiger charge is 2.28. The molecule has 1 aromatic rings. The molecular formula is C13H19NO3. The Kier molecular flexibility index (Phi) is 3.99.